The lowest BCUT2D eigenvalue weighted by molar-refractivity contribution is 0.656. The lowest BCUT2D eigenvalue weighted by Crippen LogP contribution is -2.36. The van der Waals surface area contributed by atoms with Gasteiger partial charge in [0.25, 0.3) is 0 Å². The minimum Gasteiger partial charge on any atom is -0.361 e. The molecule has 2 heterocycles. The summed E-state index contributed by atoms with van der Waals surface area (Å²) in [7, 11) is 0. The van der Waals surface area contributed by atoms with E-state index in [1.165, 1.54) is 38.8 Å². The fraction of sp³-hybridized carbons (Fsp3) is 0.167. The normalized spacial score (nSPS) is 16.7. The number of nitrogens with one attached hydrogen (secondary N) is 1. The van der Waals surface area contributed by atoms with Gasteiger partial charge in [0.15, 0.2) is 0 Å². The van der Waals surface area contributed by atoms with E-state index >= 15 is 0 Å². The zero-order valence-electron chi connectivity index (χ0n) is 14.9. The lowest BCUT2D eigenvalue weighted by atomic mass is 9.87. The standard InChI is InChI=1S/C24H22N2/c1-17-10-12-19(13-11-17)26-15-14-18-6-2-3-7-20(18)24(26)22-16-25-23-9-5-4-8-21(22)23/h2-13,16,24-25H,14-15H2,1H3. The van der Waals surface area contributed by atoms with Crippen molar-refractivity contribution in [3.63, 3.8) is 0 Å². The molecule has 0 aliphatic carbocycles. The van der Waals surface area contributed by atoms with E-state index in [1.807, 2.05) is 0 Å². The Morgan fingerprint density at radius 3 is 2.50 bits per heavy atom. The van der Waals surface area contributed by atoms with Crippen molar-refractivity contribution in [2.75, 3.05) is 11.4 Å². The number of H-pyrrole nitrogens is 1. The van der Waals surface area contributed by atoms with Gasteiger partial charge in [0.1, 0.15) is 0 Å². The van der Waals surface area contributed by atoms with Crippen LogP contribution in [0.1, 0.15) is 28.3 Å². The maximum Gasteiger partial charge on any atom is 0.0819 e. The van der Waals surface area contributed by atoms with E-state index in [0.29, 0.717) is 0 Å². The highest BCUT2D eigenvalue weighted by Gasteiger charge is 2.30. The van der Waals surface area contributed by atoms with Crippen LogP contribution in [0, 0.1) is 6.92 Å². The highest BCUT2D eigenvalue weighted by Crippen LogP contribution is 2.40. The Morgan fingerprint density at radius 2 is 1.62 bits per heavy atom. The second-order valence-corrected chi connectivity index (χ2v) is 7.17. The first kappa shape index (κ1) is 15.3. The number of anilines is 1. The van der Waals surface area contributed by atoms with Crippen molar-refractivity contribution in [1.29, 1.82) is 0 Å². The van der Waals surface area contributed by atoms with Gasteiger partial charge in [-0.25, -0.2) is 0 Å². The maximum atomic E-state index is 3.47. The van der Waals surface area contributed by atoms with Crippen molar-refractivity contribution in [3.05, 3.63) is 101 Å². The summed E-state index contributed by atoms with van der Waals surface area (Å²) in [6.07, 6.45) is 3.28. The molecule has 0 saturated carbocycles. The monoisotopic (exact) mass is 338 g/mol. The predicted molar refractivity (Wildman–Crippen MR) is 109 cm³/mol. The number of fused-ring (bicyclic) bond motifs is 2. The third-order valence-corrected chi connectivity index (χ3v) is 5.56. The van der Waals surface area contributed by atoms with E-state index in [-0.39, 0.29) is 6.04 Å². The summed E-state index contributed by atoms with van der Waals surface area (Å²) in [6, 6.07) is 26.7. The summed E-state index contributed by atoms with van der Waals surface area (Å²) in [5.74, 6) is 0. The van der Waals surface area contributed by atoms with Gasteiger partial charge in [0.05, 0.1) is 6.04 Å². The number of aromatic nitrogens is 1. The van der Waals surface area contributed by atoms with Crippen LogP contribution < -0.4 is 4.90 Å². The van der Waals surface area contributed by atoms with Crippen molar-refractivity contribution in [2.24, 2.45) is 0 Å². The molecule has 0 radical (unpaired) electrons. The van der Waals surface area contributed by atoms with Gasteiger partial charge in [-0.15, -0.1) is 0 Å². The van der Waals surface area contributed by atoms with Gasteiger partial charge in [-0.2, -0.15) is 0 Å². The smallest absolute Gasteiger partial charge is 0.0819 e. The van der Waals surface area contributed by atoms with Crippen LogP contribution in [0.15, 0.2) is 79.0 Å². The van der Waals surface area contributed by atoms with Crippen LogP contribution in [-0.4, -0.2) is 11.5 Å². The molecule has 1 aromatic heterocycles. The quantitative estimate of drug-likeness (QED) is 0.502. The maximum absolute atomic E-state index is 3.47. The van der Waals surface area contributed by atoms with Gasteiger partial charge in [0, 0.05) is 34.9 Å². The molecule has 1 unspecified atom stereocenters. The van der Waals surface area contributed by atoms with E-state index in [9.17, 15) is 0 Å². The highest BCUT2D eigenvalue weighted by molar-refractivity contribution is 5.85. The van der Waals surface area contributed by atoms with Crippen molar-refractivity contribution < 1.29 is 0 Å². The van der Waals surface area contributed by atoms with Crippen LogP contribution in [0.5, 0.6) is 0 Å². The van der Waals surface area contributed by atoms with Crippen LogP contribution >= 0.6 is 0 Å². The first-order chi connectivity index (χ1) is 12.8. The Hall–Kier alpha value is -3.00. The molecule has 0 amide bonds. The molecular weight excluding hydrogens is 316 g/mol. The Labute approximate surface area is 154 Å². The number of nitrogens with zero attached hydrogens (tertiary/aromatic N) is 1. The number of hydrogen-bond acceptors (Lipinski definition) is 1. The van der Waals surface area contributed by atoms with Gasteiger partial charge in [-0.3, -0.25) is 0 Å². The lowest BCUT2D eigenvalue weighted by Gasteiger charge is -2.39. The van der Waals surface area contributed by atoms with Gasteiger partial charge in [-0.05, 0) is 42.7 Å². The van der Waals surface area contributed by atoms with Crippen LogP contribution in [0.4, 0.5) is 5.69 Å². The molecule has 3 aromatic carbocycles. The second-order valence-electron chi connectivity index (χ2n) is 7.17. The van der Waals surface area contributed by atoms with Crippen molar-refractivity contribution in [1.82, 2.24) is 4.98 Å². The number of rotatable bonds is 2. The molecule has 4 aromatic rings. The molecule has 0 bridgehead atoms. The second kappa shape index (κ2) is 6.06. The summed E-state index contributed by atoms with van der Waals surface area (Å²) < 4.78 is 0. The SMILES string of the molecule is Cc1ccc(N2CCc3ccccc3C2c2c[nH]c3ccccc23)cc1. The molecule has 0 fully saturated rings. The summed E-state index contributed by atoms with van der Waals surface area (Å²) in [6.45, 7) is 3.18. The van der Waals surface area contributed by atoms with Crippen molar-refractivity contribution >= 4 is 16.6 Å². The molecule has 1 aliphatic rings. The first-order valence-corrected chi connectivity index (χ1v) is 9.28. The Bertz CT molecular complexity index is 1060. The van der Waals surface area contributed by atoms with E-state index in [4.69, 9.17) is 0 Å². The molecule has 2 heteroatoms. The van der Waals surface area contributed by atoms with E-state index in [2.05, 4.69) is 95.8 Å². The molecule has 5 rings (SSSR count). The fourth-order valence-electron chi connectivity index (χ4n) is 4.24. The largest absolute Gasteiger partial charge is 0.361 e. The fourth-order valence-corrected chi connectivity index (χ4v) is 4.24. The van der Waals surface area contributed by atoms with E-state index in [1.54, 1.807) is 0 Å². The van der Waals surface area contributed by atoms with Gasteiger partial charge < -0.3 is 9.88 Å². The van der Waals surface area contributed by atoms with E-state index in [0.717, 1.165) is 13.0 Å². The summed E-state index contributed by atoms with van der Waals surface area (Å²) in [5, 5.41) is 1.31. The van der Waals surface area contributed by atoms with Crippen LogP contribution in [0.25, 0.3) is 10.9 Å². The number of benzene rings is 3. The van der Waals surface area contributed by atoms with Gasteiger partial charge in [0.2, 0.25) is 0 Å². The van der Waals surface area contributed by atoms with Gasteiger partial charge >= 0.3 is 0 Å². The molecule has 1 aliphatic heterocycles. The molecule has 128 valence electrons. The molecular formula is C24H22N2. The number of aromatic amines is 1. The number of aryl methyl sites for hydroxylation is 1. The average molecular weight is 338 g/mol. The Morgan fingerprint density at radius 1 is 0.846 bits per heavy atom. The topological polar surface area (TPSA) is 19.0 Å². The Kier molecular flexibility index (Phi) is 3.56. The van der Waals surface area contributed by atoms with Crippen LogP contribution in [0.3, 0.4) is 0 Å². The third-order valence-electron chi connectivity index (χ3n) is 5.56. The van der Waals surface area contributed by atoms with Crippen LogP contribution in [-0.2, 0) is 6.42 Å². The highest BCUT2D eigenvalue weighted by atomic mass is 15.2. The number of hydrogen-bond donors (Lipinski definition) is 1. The summed E-state index contributed by atoms with van der Waals surface area (Å²) in [4.78, 5) is 6.02. The molecule has 1 N–H and O–H groups in total. The summed E-state index contributed by atoms with van der Waals surface area (Å²) in [5.41, 5.74) is 8.04. The van der Waals surface area contributed by atoms with Crippen molar-refractivity contribution in [2.45, 2.75) is 19.4 Å². The Balaban J connectivity index is 1.71. The van der Waals surface area contributed by atoms with Crippen LogP contribution in [0.2, 0.25) is 0 Å². The minimum atomic E-state index is 0.235. The molecule has 0 saturated heterocycles. The average Bonchev–Trinajstić information content (AvgIpc) is 3.11. The molecule has 0 spiro atoms. The first-order valence-electron chi connectivity index (χ1n) is 9.28. The molecule has 1 atom stereocenters. The number of para-hydroxylation sites is 1. The minimum absolute atomic E-state index is 0.235. The zero-order valence-corrected chi connectivity index (χ0v) is 14.9. The predicted octanol–water partition coefficient (Wildman–Crippen LogP) is 5.63. The molecule has 26 heavy (non-hydrogen) atoms. The zero-order chi connectivity index (χ0) is 17.5. The van der Waals surface area contributed by atoms with E-state index < -0.39 is 0 Å². The van der Waals surface area contributed by atoms with Crippen molar-refractivity contribution in [3.8, 4) is 0 Å². The third kappa shape index (κ3) is 2.41. The van der Waals surface area contributed by atoms with Gasteiger partial charge in [-0.1, -0.05) is 60.2 Å². The summed E-state index contributed by atoms with van der Waals surface area (Å²) >= 11 is 0. The molecule has 2 nitrogen and oxygen atoms in total.